The van der Waals surface area contributed by atoms with Crippen LogP contribution in [0.5, 0.6) is 0 Å². The number of nitrogens with one attached hydrogen (secondary N) is 2. The van der Waals surface area contributed by atoms with Gasteiger partial charge in [-0.15, -0.1) is 0 Å². The maximum Gasteiger partial charge on any atom is 0.471 e. The molecule has 0 aromatic carbocycles. The summed E-state index contributed by atoms with van der Waals surface area (Å²) < 4.78 is 41.0. The third-order valence-corrected chi connectivity index (χ3v) is 2.61. The Morgan fingerprint density at radius 2 is 1.84 bits per heavy atom. The molecule has 1 aliphatic rings. The van der Waals surface area contributed by atoms with Crippen molar-refractivity contribution in [2.75, 3.05) is 6.61 Å². The van der Waals surface area contributed by atoms with Crippen LogP contribution in [-0.4, -0.2) is 69.8 Å². The van der Waals surface area contributed by atoms with Crippen LogP contribution in [0.15, 0.2) is 0 Å². The van der Waals surface area contributed by atoms with Crippen LogP contribution in [0.4, 0.5) is 13.2 Å². The van der Waals surface area contributed by atoms with E-state index in [4.69, 9.17) is 15.1 Å². The molecule has 112 valence electrons. The lowest BCUT2D eigenvalue weighted by Crippen LogP contribution is -2.68. The number of aliphatic hydroxyl groups excluding tert-OH is 3. The molecular weight excluding hydrogens is 277 g/mol. The molecule has 1 rings (SSSR count). The highest BCUT2D eigenvalue weighted by atomic mass is 19.4. The molecule has 6 N–H and O–H groups in total. The SMILES string of the molecule is O=C(NC1C(NO)OC(CO)C(O)C1O)C(F)(F)F. The van der Waals surface area contributed by atoms with E-state index in [2.05, 4.69) is 0 Å². The van der Waals surface area contributed by atoms with E-state index in [0.29, 0.717) is 0 Å². The number of carbonyl (C=O) groups excluding carboxylic acids is 1. The summed E-state index contributed by atoms with van der Waals surface area (Å²) in [4.78, 5) is 10.8. The zero-order valence-electron chi connectivity index (χ0n) is 9.33. The fraction of sp³-hybridized carbons (Fsp3) is 0.875. The van der Waals surface area contributed by atoms with Crippen molar-refractivity contribution in [3.63, 3.8) is 0 Å². The van der Waals surface area contributed by atoms with Gasteiger partial charge >= 0.3 is 12.1 Å². The van der Waals surface area contributed by atoms with E-state index in [0.717, 1.165) is 0 Å². The van der Waals surface area contributed by atoms with E-state index in [1.807, 2.05) is 0 Å². The molecule has 0 radical (unpaired) electrons. The molecule has 1 saturated heterocycles. The van der Waals surface area contributed by atoms with Crippen molar-refractivity contribution < 1.29 is 43.2 Å². The number of alkyl halides is 3. The second-order valence-corrected chi connectivity index (χ2v) is 3.88. The normalized spacial score (nSPS) is 36.1. The molecule has 0 bridgehead atoms. The van der Waals surface area contributed by atoms with Gasteiger partial charge in [0, 0.05) is 0 Å². The fourth-order valence-electron chi connectivity index (χ4n) is 1.62. The summed E-state index contributed by atoms with van der Waals surface area (Å²) in [6.45, 7) is -0.740. The zero-order chi connectivity index (χ0) is 14.8. The van der Waals surface area contributed by atoms with Crippen molar-refractivity contribution in [3.05, 3.63) is 0 Å². The van der Waals surface area contributed by atoms with Crippen LogP contribution in [0.2, 0.25) is 0 Å². The number of rotatable bonds is 3. The topological polar surface area (TPSA) is 131 Å². The quantitative estimate of drug-likeness (QED) is 0.315. The summed E-state index contributed by atoms with van der Waals surface area (Å²) in [5, 5.41) is 38.0. The summed E-state index contributed by atoms with van der Waals surface area (Å²) >= 11 is 0. The minimum Gasteiger partial charge on any atom is -0.394 e. The largest absolute Gasteiger partial charge is 0.471 e. The zero-order valence-corrected chi connectivity index (χ0v) is 9.33. The van der Waals surface area contributed by atoms with Crippen LogP contribution in [0.25, 0.3) is 0 Å². The lowest BCUT2D eigenvalue weighted by atomic mass is 9.96. The van der Waals surface area contributed by atoms with Crippen LogP contribution >= 0.6 is 0 Å². The van der Waals surface area contributed by atoms with Gasteiger partial charge in [-0.2, -0.15) is 18.7 Å². The summed E-state index contributed by atoms with van der Waals surface area (Å²) in [5.41, 5.74) is 1.44. The van der Waals surface area contributed by atoms with E-state index < -0.39 is 49.3 Å². The lowest BCUT2D eigenvalue weighted by Gasteiger charge is -2.41. The van der Waals surface area contributed by atoms with Gasteiger partial charge < -0.3 is 30.6 Å². The molecule has 0 aliphatic carbocycles. The van der Waals surface area contributed by atoms with Gasteiger partial charge in [-0.3, -0.25) is 4.79 Å². The van der Waals surface area contributed by atoms with Gasteiger partial charge in [0.1, 0.15) is 18.3 Å². The highest BCUT2D eigenvalue weighted by Crippen LogP contribution is 2.21. The maximum atomic E-state index is 12.1. The van der Waals surface area contributed by atoms with Gasteiger partial charge in [0.15, 0.2) is 6.23 Å². The average molecular weight is 290 g/mol. The first kappa shape index (κ1) is 16.1. The lowest BCUT2D eigenvalue weighted by molar-refractivity contribution is -0.226. The monoisotopic (exact) mass is 290 g/mol. The molecule has 8 nitrogen and oxygen atoms in total. The summed E-state index contributed by atoms with van der Waals surface area (Å²) in [6.07, 6.45) is -11.7. The Kier molecular flexibility index (Phi) is 5.06. The number of ether oxygens (including phenoxy) is 1. The predicted octanol–water partition coefficient (Wildman–Crippen LogP) is -2.55. The number of halogens is 3. The molecule has 1 fully saturated rings. The second kappa shape index (κ2) is 5.98. The molecule has 1 amide bonds. The van der Waals surface area contributed by atoms with Gasteiger partial charge in [-0.1, -0.05) is 0 Å². The van der Waals surface area contributed by atoms with Crippen LogP contribution < -0.4 is 10.8 Å². The van der Waals surface area contributed by atoms with E-state index in [1.165, 1.54) is 10.8 Å². The highest BCUT2D eigenvalue weighted by molar-refractivity contribution is 5.82. The second-order valence-electron chi connectivity index (χ2n) is 3.88. The van der Waals surface area contributed by atoms with E-state index in [9.17, 15) is 28.2 Å². The molecule has 1 heterocycles. The summed E-state index contributed by atoms with van der Waals surface area (Å²) in [6, 6.07) is -1.75. The molecule has 0 aromatic rings. The van der Waals surface area contributed by atoms with Gasteiger partial charge in [0.25, 0.3) is 0 Å². The smallest absolute Gasteiger partial charge is 0.394 e. The Balaban J connectivity index is 2.82. The Morgan fingerprint density at radius 3 is 2.26 bits per heavy atom. The van der Waals surface area contributed by atoms with Gasteiger partial charge in [-0.25, -0.2) is 0 Å². The van der Waals surface area contributed by atoms with Crippen LogP contribution in [0, 0.1) is 0 Å². The van der Waals surface area contributed by atoms with E-state index in [-0.39, 0.29) is 0 Å². The maximum absolute atomic E-state index is 12.1. The fourth-order valence-corrected chi connectivity index (χ4v) is 1.62. The predicted molar refractivity (Wildman–Crippen MR) is 50.7 cm³/mol. The molecule has 11 heteroatoms. The molecule has 0 spiro atoms. The van der Waals surface area contributed by atoms with E-state index >= 15 is 0 Å². The van der Waals surface area contributed by atoms with Crippen molar-refractivity contribution in [2.24, 2.45) is 0 Å². The van der Waals surface area contributed by atoms with Gasteiger partial charge in [0.05, 0.1) is 12.6 Å². The molecular formula is C8H13F3N2O6. The van der Waals surface area contributed by atoms with Crippen molar-refractivity contribution in [3.8, 4) is 0 Å². The number of hydroxylamine groups is 1. The summed E-state index contributed by atoms with van der Waals surface area (Å²) in [5.74, 6) is -2.37. The van der Waals surface area contributed by atoms with Crippen molar-refractivity contribution >= 4 is 5.91 Å². The standard InChI is InChI=1S/C8H13F3N2O6/c9-8(10,11)7(17)12-3-5(16)4(15)2(1-14)19-6(3)13-18/h2-6,13-16,18H,1H2,(H,12,17). The van der Waals surface area contributed by atoms with E-state index in [1.54, 1.807) is 0 Å². The number of aliphatic hydroxyl groups is 3. The van der Waals surface area contributed by atoms with Crippen molar-refractivity contribution in [1.29, 1.82) is 0 Å². The molecule has 5 unspecified atom stereocenters. The highest BCUT2D eigenvalue weighted by Gasteiger charge is 2.48. The molecule has 19 heavy (non-hydrogen) atoms. The van der Waals surface area contributed by atoms with Crippen LogP contribution in [0.1, 0.15) is 0 Å². The average Bonchev–Trinajstić information content (AvgIpc) is 2.34. The number of amides is 1. The number of carbonyl (C=O) groups is 1. The van der Waals surface area contributed by atoms with Crippen molar-refractivity contribution in [1.82, 2.24) is 10.8 Å². The van der Waals surface area contributed by atoms with Gasteiger partial charge in [0.2, 0.25) is 0 Å². The molecule has 0 aromatic heterocycles. The van der Waals surface area contributed by atoms with Crippen molar-refractivity contribution in [2.45, 2.75) is 36.8 Å². The van der Waals surface area contributed by atoms with Crippen LogP contribution in [-0.2, 0) is 9.53 Å². The molecule has 5 atom stereocenters. The Bertz CT molecular complexity index is 326. The summed E-state index contributed by atoms with van der Waals surface area (Å²) in [7, 11) is 0. The third-order valence-electron chi connectivity index (χ3n) is 2.61. The minimum atomic E-state index is -5.20. The Hall–Kier alpha value is -0.980. The first-order valence-electron chi connectivity index (χ1n) is 5.12. The number of hydrogen-bond acceptors (Lipinski definition) is 7. The minimum absolute atomic E-state index is 0.740. The molecule has 0 saturated carbocycles. The van der Waals surface area contributed by atoms with Gasteiger partial charge in [-0.05, 0) is 0 Å². The third kappa shape index (κ3) is 3.52. The number of hydrogen-bond donors (Lipinski definition) is 6. The first-order chi connectivity index (χ1) is 8.72. The molecule has 1 aliphatic heterocycles. The Morgan fingerprint density at radius 1 is 1.26 bits per heavy atom. The Labute approximate surface area is 104 Å². The first-order valence-corrected chi connectivity index (χ1v) is 5.12. The van der Waals surface area contributed by atoms with Crippen LogP contribution in [0.3, 0.4) is 0 Å².